The number of aliphatic hydroxyl groups is 1. The third-order valence-corrected chi connectivity index (χ3v) is 11.7. The van der Waals surface area contributed by atoms with Crippen LogP contribution in [0.4, 0.5) is 0 Å². The second kappa shape index (κ2) is 10.8. The average Bonchev–Trinajstić information content (AvgIpc) is 3.17. The zero-order valence-corrected chi connectivity index (χ0v) is 26.3. The molecule has 4 aliphatic rings. The van der Waals surface area contributed by atoms with Gasteiger partial charge in [-0.3, -0.25) is 9.59 Å². The monoisotopic (exact) mass is 544 g/mol. The van der Waals surface area contributed by atoms with Crippen LogP contribution in [0, 0.1) is 45.8 Å². The van der Waals surface area contributed by atoms with Gasteiger partial charge in [-0.25, -0.2) is 0 Å². The molecule has 0 heterocycles. The summed E-state index contributed by atoms with van der Waals surface area (Å²) in [6.45, 7) is 18.1. The SMILES string of the molecule is CC(=O)O[C@H]1CC[C@@]2(C)C(=CC[C@H]3[C@@H]4CC[C@H]([C@H](C)CC[C@@H](OC(=O)C(C)(C)C)C(C)(C)O)[C@@]4(C)CC[C@@H]32)C1. The molecule has 5 nitrogen and oxygen atoms in total. The Labute approximate surface area is 237 Å². The van der Waals surface area contributed by atoms with Crippen LogP contribution in [0.1, 0.15) is 127 Å². The molecule has 222 valence electrons. The fourth-order valence-corrected chi connectivity index (χ4v) is 9.42. The van der Waals surface area contributed by atoms with E-state index in [4.69, 9.17) is 9.47 Å². The molecule has 0 unspecified atom stereocenters. The third-order valence-electron chi connectivity index (χ3n) is 11.7. The summed E-state index contributed by atoms with van der Waals surface area (Å²) in [4.78, 5) is 24.2. The summed E-state index contributed by atoms with van der Waals surface area (Å²) in [6.07, 6.45) is 13.2. The lowest BCUT2D eigenvalue weighted by atomic mass is 9.47. The summed E-state index contributed by atoms with van der Waals surface area (Å²) in [5.41, 5.74) is 0.516. The van der Waals surface area contributed by atoms with Gasteiger partial charge in [-0.1, -0.05) is 32.4 Å². The molecule has 39 heavy (non-hydrogen) atoms. The Kier molecular flexibility index (Phi) is 8.47. The molecule has 0 bridgehead atoms. The van der Waals surface area contributed by atoms with Crippen LogP contribution < -0.4 is 0 Å². The Bertz CT molecular complexity index is 954. The van der Waals surface area contributed by atoms with Gasteiger partial charge in [0.05, 0.1) is 11.0 Å². The number of hydrogen-bond donors (Lipinski definition) is 1. The van der Waals surface area contributed by atoms with Crippen LogP contribution in [0.3, 0.4) is 0 Å². The molecule has 0 radical (unpaired) electrons. The molecule has 0 aliphatic heterocycles. The Hall–Kier alpha value is -1.36. The number of ether oxygens (including phenoxy) is 2. The molecule has 0 aromatic heterocycles. The molecule has 9 atom stereocenters. The quantitative estimate of drug-likeness (QED) is 0.263. The molecule has 3 fully saturated rings. The lowest BCUT2D eigenvalue weighted by Gasteiger charge is -2.58. The first-order chi connectivity index (χ1) is 18.0. The van der Waals surface area contributed by atoms with Gasteiger partial charge in [0, 0.05) is 13.3 Å². The van der Waals surface area contributed by atoms with Gasteiger partial charge < -0.3 is 14.6 Å². The molecule has 0 amide bonds. The van der Waals surface area contributed by atoms with Gasteiger partial charge >= 0.3 is 11.9 Å². The van der Waals surface area contributed by atoms with E-state index in [1.807, 2.05) is 20.8 Å². The first-order valence-corrected chi connectivity index (χ1v) is 15.8. The van der Waals surface area contributed by atoms with E-state index in [0.717, 1.165) is 43.4 Å². The molecule has 0 saturated heterocycles. The Morgan fingerprint density at radius 3 is 2.33 bits per heavy atom. The summed E-state index contributed by atoms with van der Waals surface area (Å²) in [7, 11) is 0. The highest BCUT2D eigenvalue weighted by Crippen LogP contribution is 2.67. The summed E-state index contributed by atoms with van der Waals surface area (Å²) in [6, 6.07) is 0. The zero-order chi connectivity index (χ0) is 29.0. The molecular formula is C34H56O5. The normalized spacial score (nSPS) is 38.0. The van der Waals surface area contributed by atoms with Gasteiger partial charge in [-0.15, -0.1) is 0 Å². The van der Waals surface area contributed by atoms with E-state index in [2.05, 4.69) is 26.8 Å². The van der Waals surface area contributed by atoms with Gasteiger partial charge in [0.25, 0.3) is 0 Å². The fraction of sp³-hybridized carbons (Fsp3) is 0.882. The predicted molar refractivity (Wildman–Crippen MR) is 155 cm³/mol. The standard InChI is InChI=1S/C34H56O5/c1-21(10-15-29(32(6,7)37)39-30(36)31(3,4)5)26-13-14-27-25-12-11-23-20-24(38-22(2)35)16-18-33(23,8)28(25)17-19-34(26,27)9/h11,21,24-29,37H,10,12-20H2,1-9H3/t21-,24+,25+,26-,27+,28+,29-,33+,34-/m1/s1. The largest absolute Gasteiger partial charge is 0.462 e. The number of fused-ring (bicyclic) bond motifs is 5. The fourth-order valence-electron chi connectivity index (χ4n) is 9.42. The van der Waals surface area contributed by atoms with Crippen molar-refractivity contribution in [1.29, 1.82) is 0 Å². The van der Waals surface area contributed by atoms with Gasteiger partial charge in [0.15, 0.2) is 0 Å². The second-order valence-corrected chi connectivity index (χ2v) is 15.8. The highest BCUT2D eigenvalue weighted by Gasteiger charge is 2.59. The first-order valence-electron chi connectivity index (χ1n) is 15.8. The molecular weight excluding hydrogens is 488 g/mol. The Balaban J connectivity index is 1.43. The van der Waals surface area contributed by atoms with Crippen LogP contribution in [-0.4, -0.2) is 34.9 Å². The maximum Gasteiger partial charge on any atom is 0.311 e. The van der Waals surface area contributed by atoms with Gasteiger partial charge in [-0.05, 0) is 133 Å². The van der Waals surface area contributed by atoms with Crippen molar-refractivity contribution < 1.29 is 24.2 Å². The van der Waals surface area contributed by atoms with Crippen LogP contribution in [-0.2, 0) is 19.1 Å². The smallest absolute Gasteiger partial charge is 0.311 e. The minimum atomic E-state index is -1.06. The highest BCUT2D eigenvalue weighted by molar-refractivity contribution is 5.75. The molecule has 4 aliphatic carbocycles. The van der Waals surface area contributed by atoms with Crippen molar-refractivity contribution in [2.75, 3.05) is 0 Å². The van der Waals surface area contributed by atoms with Crippen LogP contribution in [0.2, 0.25) is 0 Å². The van der Waals surface area contributed by atoms with Crippen LogP contribution >= 0.6 is 0 Å². The summed E-state index contributed by atoms with van der Waals surface area (Å²) < 4.78 is 11.5. The van der Waals surface area contributed by atoms with E-state index in [-0.39, 0.29) is 23.5 Å². The van der Waals surface area contributed by atoms with Crippen molar-refractivity contribution in [2.24, 2.45) is 45.8 Å². The number of hydrogen-bond acceptors (Lipinski definition) is 5. The van der Waals surface area contributed by atoms with E-state index in [9.17, 15) is 14.7 Å². The van der Waals surface area contributed by atoms with E-state index >= 15 is 0 Å². The maximum atomic E-state index is 12.6. The van der Waals surface area contributed by atoms with Gasteiger partial charge in [0.2, 0.25) is 0 Å². The lowest BCUT2D eigenvalue weighted by molar-refractivity contribution is -0.172. The third kappa shape index (κ3) is 5.99. The van der Waals surface area contributed by atoms with E-state index in [0.29, 0.717) is 23.7 Å². The average molecular weight is 545 g/mol. The molecule has 1 N–H and O–H groups in total. The predicted octanol–water partition coefficient (Wildman–Crippen LogP) is 7.64. The van der Waals surface area contributed by atoms with Crippen molar-refractivity contribution in [3.63, 3.8) is 0 Å². The minimum absolute atomic E-state index is 0.0549. The molecule has 4 rings (SSSR count). The number of carbonyl (C=O) groups excluding carboxylic acids is 2. The van der Waals surface area contributed by atoms with Crippen molar-refractivity contribution >= 4 is 11.9 Å². The Morgan fingerprint density at radius 1 is 1.03 bits per heavy atom. The highest BCUT2D eigenvalue weighted by atomic mass is 16.6. The van der Waals surface area contributed by atoms with Gasteiger partial charge in [-0.2, -0.15) is 0 Å². The first kappa shape index (κ1) is 30.6. The summed E-state index contributed by atoms with van der Waals surface area (Å²) >= 11 is 0. The van der Waals surface area contributed by atoms with Gasteiger partial charge in [0.1, 0.15) is 12.2 Å². The molecule has 0 aromatic carbocycles. The minimum Gasteiger partial charge on any atom is -0.462 e. The van der Waals surface area contributed by atoms with Crippen molar-refractivity contribution in [3.8, 4) is 0 Å². The molecule has 0 spiro atoms. The molecule has 5 heteroatoms. The Morgan fingerprint density at radius 2 is 1.72 bits per heavy atom. The topological polar surface area (TPSA) is 72.8 Å². The second-order valence-electron chi connectivity index (χ2n) is 15.8. The number of esters is 2. The van der Waals surface area contributed by atoms with Crippen LogP contribution in [0.5, 0.6) is 0 Å². The number of rotatable bonds is 7. The van der Waals surface area contributed by atoms with Crippen molar-refractivity contribution in [1.82, 2.24) is 0 Å². The van der Waals surface area contributed by atoms with E-state index < -0.39 is 17.1 Å². The lowest BCUT2D eigenvalue weighted by Crippen LogP contribution is -2.51. The van der Waals surface area contributed by atoms with Crippen LogP contribution in [0.15, 0.2) is 11.6 Å². The van der Waals surface area contributed by atoms with E-state index in [1.54, 1.807) is 19.4 Å². The van der Waals surface area contributed by atoms with Crippen LogP contribution in [0.25, 0.3) is 0 Å². The summed E-state index contributed by atoms with van der Waals surface area (Å²) in [5.74, 6) is 3.04. The number of allylic oxidation sites excluding steroid dienone is 1. The number of carbonyl (C=O) groups is 2. The maximum absolute atomic E-state index is 12.6. The molecule has 0 aromatic rings. The zero-order valence-electron chi connectivity index (χ0n) is 26.3. The van der Waals surface area contributed by atoms with Crippen molar-refractivity contribution in [3.05, 3.63) is 11.6 Å². The van der Waals surface area contributed by atoms with E-state index in [1.165, 1.54) is 39.0 Å². The molecule has 3 saturated carbocycles. The summed E-state index contributed by atoms with van der Waals surface area (Å²) in [5, 5.41) is 10.8. The van der Waals surface area contributed by atoms with Crippen molar-refractivity contribution in [2.45, 2.75) is 144 Å².